The van der Waals surface area contributed by atoms with Crippen LogP contribution in [0.4, 0.5) is 18.0 Å². The van der Waals surface area contributed by atoms with Gasteiger partial charge < -0.3 is 14.7 Å². The minimum atomic E-state index is -4.54. The van der Waals surface area contributed by atoms with Gasteiger partial charge in [-0.2, -0.15) is 13.2 Å². The lowest BCUT2D eigenvalue weighted by Gasteiger charge is -2.33. The summed E-state index contributed by atoms with van der Waals surface area (Å²) in [5.74, 6) is 0.112. The number of aliphatic hydroxyl groups excluding tert-OH is 1. The summed E-state index contributed by atoms with van der Waals surface area (Å²) in [5.41, 5.74) is -0.551. The Hall–Kier alpha value is -0.980. The number of alkyl halides is 3. The first kappa shape index (κ1) is 18.1. The fourth-order valence-corrected chi connectivity index (χ4v) is 2.29. The molecule has 1 fully saturated rings. The largest absolute Gasteiger partial charge is 0.444 e. The van der Waals surface area contributed by atoms with Crippen LogP contribution in [0.1, 0.15) is 46.5 Å². The molecule has 0 spiro atoms. The second kappa shape index (κ2) is 6.85. The van der Waals surface area contributed by atoms with E-state index in [-0.39, 0.29) is 18.4 Å². The molecular formula is C14H24F3NO3. The molecule has 0 aromatic rings. The number of piperidine rings is 1. The molecule has 0 saturated carbocycles. The van der Waals surface area contributed by atoms with E-state index in [9.17, 15) is 18.0 Å². The van der Waals surface area contributed by atoms with E-state index in [2.05, 4.69) is 0 Å². The third kappa shape index (κ3) is 6.54. The number of nitrogens with zero attached hydrogens (tertiary/aromatic N) is 1. The van der Waals surface area contributed by atoms with Crippen LogP contribution in [0.2, 0.25) is 0 Å². The zero-order valence-electron chi connectivity index (χ0n) is 12.7. The standard InChI is InChI=1S/C14H24F3NO3/c1-13(2,3)21-12(20)18-8-6-10(7-9-18)4-5-11(19)14(15,16)17/h10-11,19H,4-9H2,1-3H3. The summed E-state index contributed by atoms with van der Waals surface area (Å²) in [5, 5.41) is 8.97. The average molecular weight is 311 g/mol. The number of rotatable bonds is 3. The third-order valence-corrected chi connectivity index (χ3v) is 3.49. The smallest absolute Gasteiger partial charge is 0.414 e. The molecule has 1 N–H and O–H groups in total. The molecule has 124 valence electrons. The monoisotopic (exact) mass is 311 g/mol. The maximum absolute atomic E-state index is 12.2. The Morgan fingerprint density at radius 3 is 2.24 bits per heavy atom. The summed E-state index contributed by atoms with van der Waals surface area (Å²) in [6.45, 7) is 6.34. The highest BCUT2D eigenvalue weighted by Gasteiger charge is 2.38. The van der Waals surface area contributed by atoms with Gasteiger partial charge in [-0.3, -0.25) is 0 Å². The van der Waals surface area contributed by atoms with Crippen molar-refractivity contribution in [2.45, 2.75) is 64.3 Å². The van der Waals surface area contributed by atoms with Crippen LogP contribution in [-0.2, 0) is 4.74 Å². The van der Waals surface area contributed by atoms with E-state index in [0.717, 1.165) is 0 Å². The summed E-state index contributed by atoms with van der Waals surface area (Å²) in [4.78, 5) is 13.4. The van der Waals surface area contributed by atoms with Gasteiger partial charge in [-0.15, -0.1) is 0 Å². The minimum absolute atomic E-state index is 0.112. The second-order valence-electron chi connectivity index (χ2n) is 6.55. The van der Waals surface area contributed by atoms with Gasteiger partial charge in [-0.05, 0) is 52.4 Å². The molecule has 7 heteroatoms. The highest BCUT2D eigenvalue weighted by Crippen LogP contribution is 2.28. The van der Waals surface area contributed by atoms with Crippen LogP contribution in [0.25, 0.3) is 0 Å². The maximum Gasteiger partial charge on any atom is 0.414 e. The molecular weight excluding hydrogens is 287 g/mol. The molecule has 21 heavy (non-hydrogen) atoms. The summed E-state index contributed by atoms with van der Waals surface area (Å²) in [6, 6.07) is 0. The topological polar surface area (TPSA) is 49.8 Å². The average Bonchev–Trinajstić information content (AvgIpc) is 2.33. The lowest BCUT2D eigenvalue weighted by molar-refractivity contribution is -0.206. The van der Waals surface area contributed by atoms with Gasteiger partial charge in [0.15, 0.2) is 0 Å². The summed E-state index contributed by atoms with van der Waals surface area (Å²) >= 11 is 0. The number of hydrogen-bond acceptors (Lipinski definition) is 3. The normalized spacial score (nSPS) is 19.5. The van der Waals surface area contributed by atoms with Crippen LogP contribution >= 0.6 is 0 Å². The van der Waals surface area contributed by atoms with Crippen molar-refractivity contribution in [1.29, 1.82) is 0 Å². The molecule has 1 atom stereocenters. The highest BCUT2D eigenvalue weighted by atomic mass is 19.4. The van der Waals surface area contributed by atoms with E-state index in [4.69, 9.17) is 9.84 Å². The van der Waals surface area contributed by atoms with Gasteiger partial charge in [0.1, 0.15) is 11.7 Å². The fourth-order valence-electron chi connectivity index (χ4n) is 2.29. The number of carbonyl (C=O) groups excluding carboxylic acids is 1. The third-order valence-electron chi connectivity index (χ3n) is 3.49. The number of ether oxygens (including phenoxy) is 1. The van der Waals surface area contributed by atoms with Crippen LogP contribution in [-0.4, -0.2) is 47.1 Å². The van der Waals surface area contributed by atoms with Crippen molar-refractivity contribution in [3.63, 3.8) is 0 Å². The van der Waals surface area contributed by atoms with Gasteiger partial charge in [0, 0.05) is 13.1 Å². The molecule has 1 aliphatic rings. The first-order chi connectivity index (χ1) is 9.49. The predicted molar refractivity (Wildman–Crippen MR) is 71.8 cm³/mol. The summed E-state index contributed by atoms with van der Waals surface area (Å²) in [6.07, 6.45) is -5.84. The molecule has 1 saturated heterocycles. The lowest BCUT2D eigenvalue weighted by Crippen LogP contribution is -2.42. The first-order valence-corrected chi connectivity index (χ1v) is 7.22. The Morgan fingerprint density at radius 1 is 1.29 bits per heavy atom. The number of likely N-dealkylation sites (tertiary alicyclic amines) is 1. The zero-order valence-corrected chi connectivity index (χ0v) is 12.7. The maximum atomic E-state index is 12.2. The molecule has 1 heterocycles. The second-order valence-corrected chi connectivity index (χ2v) is 6.55. The lowest BCUT2D eigenvalue weighted by atomic mass is 9.91. The van der Waals surface area contributed by atoms with Crippen molar-refractivity contribution in [1.82, 2.24) is 4.90 Å². The Balaban J connectivity index is 2.31. The van der Waals surface area contributed by atoms with E-state index in [1.54, 1.807) is 25.7 Å². The predicted octanol–water partition coefficient (Wildman–Crippen LogP) is 3.34. The number of amides is 1. The molecule has 1 unspecified atom stereocenters. The molecule has 1 rings (SSSR count). The molecule has 0 radical (unpaired) electrons. The fraction of sp³-hybridized carbons (Fsp3) is 0.929. The SMILES string of the molecule is CC(C)(C)OC(=O)N1CCC(CCC(O)C(F)(F)F)CC1. The van der Waals surface area contributed by atoms with Gasteiger partial charge in [0.05, 0.1) is 0 Å². The molecule has 4 nitrogen and oxygen atoms in total. The number of aliphatic hydroxyl groups is 1. The molecule has 0 aromatic heterocycles. The molecule has 0 aliphatic carbocycles. The quantitative estimate of drug-likeness (QED) is 0.869. The van der Waals surface area contributed by atoms with Crippen LogP contribution < -0.4 is 0 Å². The van der Waals surface area contributed by atoms with Crippen molar-refractivity contribution in [3.8, 4) is 0 Å². The molecule has 0 aromatic carbocycles. The van der Waals surface area contributed by atoms with Crippen molar-refractivity contribution in [2.24, 2.45) is 5.92 Å². The van der Waals surface area contributed by atoms with Crippen molar-refractivity contribution >= 4 is 6.09 Å². The van der Waals surface area contributed by atoms with Gasteiger partial charge in [0.25, 0.3) is 0 Å². The summed E-state index contributed by atoms with van der Waals surface area (Å²) < 4.78 is 41.9. The Kier molecular flexibility index (Phi) is 5.90. The Morgan fingerprint density at radius 2 is 1.81 bits per heavy atom. The molecule has 0 bridgehead atoms. The van der Waals surface area contributed by atoms with Crippen LogP contribution in [0.15, 0.2) is 0 Å². The van der Waals surface area contributed by atoms with E-state index < -0.39 is 17.9 Å². The van der Waals surface area contributed by atoms with Gasteiger partial charge in [-0.25, -0.2) is 4.79 Å². The Labute approximate surface area is 123 Å². The minimum Gasteiger partial charge on any atom is -0.444 e. The van der Waals surface area contributed by atoms with Gasteiger partial charge >= 0.3 is 12.3 Å². The zero-order chi connectivity index (χ0) is 16.3. The van der Waals surface area contributed by atoms with E-state index in [1.165, 1.54) is 0 Å². The van der Waals surface area contributed by atoms with Crippen molar-refractivity contribution < 1.29 is 27.8 Å². The highest BCUT2D eigenvalue weighted by molar-refractivity contribution is 5.68. The van der Waals surface area contributed by atoms with Crippen molar-refractivity contribution in [2.75, 3.05) is 13.1 Å². The summed E-state index contributed by atoms with van der Waals surface area (Å²) in [7, 11) is 0. The van der Waals surface area contributed by atoms with E-state index in [0.29, 0.717) is 32.4 Å². The number of hydrogen-bond donors (Lipinski definition) is 1. The van der Waals surface area contributed by atoms with Gasteiger partial charge in [0.2, 0.25) is 0 Å². The molecule has 1 aliphatic heterocycles. The van der Waals surface area contributed by atoms with E-state index >= 15 is 0 Å². The van der Waals surface area contributed by atoms with Crippen LogP contribution in [0.5, 0.6) is 0 Å². The number of halogens is 3. The van der Waals surface area contributed by atoms with Crippen LogP contribution in [0, 0.1) is 5.92 Å². The van der Waals surface area contributed by atoms with Crippen molar-refractivity contribution in [3.05, 3.63) is 0 Å². The van der Waals surface area contributed by atoms with Gasteiger partial charge in [-0.1, -0.05) is 0 Å². The first-order valence-electron chi connectivity index (χ1n) is 7.22. The Bertz CT molecular complexity index is 344. The van der Waals surface area contributed by atoms with E-state index in [1.807, 2.05) is 0 Å². The number of carbonyl (C=O) groups is 1. The molecule has 1 amide bonds. The van der Waals surface area contributed by atoms with Crippen LogP contribution in [0.3, 0.4) is 0 Å².